The van der Waals surface area contributed by atoms with E-state index >= 15 is 0 Å². The number of carbonyl (C=O) groups is 2. The number of carbonyl (C=O) groups excluding carboxylic acids is 1. The highest BCUT2D eigenvalue weighted by molar-refractivity contribution is 7.08. The van der Waals surface area contributed by atoms with Crippen molar-refractivity contribution < 1.29 is 14.7 Å². The number of carboxylic acid groups (broad SMARTS) is 1. The van der Waals surface area contributed by atoms with Gasteiger partial charge in [0, 0.05) is 11.9 Å². The minimum Gasteiger partial charge on any atom is -0.480 e. The first kappa shape index (κ1) is 13.5. The Bertz CT molecular complexity index is 401. The summed E-state index contributed by atoms with van der Waals surface area (Å²) < 4.78 is 0. The predicted molar refractivity (Wildman–Crippen MR) is 67.4 cm³/mol. The molecule has 2 amide bonds. The molecule has 94 valence electrons. The lowest BCUT2D eigenvalue weighted by molar-refractivity contribution is -0.147. The van der Waals surface area contributed by atoms with Crippen LogP contribution in [0.2, 0.25) is 0 Å². The maximum atomic E-state index is 11.9. The molecule has 1 rings (SSSR count). The number of hydrogen-bond acceptors (Lipinski definition) is 3. The maximum absolute atomic E-state index is 11.9. The van der Waals surface area contributed by atoms with Crippen molar-refractivity contribution in [2.45, 2.75) is 26.3 Å². The first-order valence-corrected chi connectivity index (χ1v) is 6.18. The van der Waals surface area contributed by atoms with Crippen LogP contribution in [0.1, 0.15) is 20.8 Å². The van der Waals surface area contributed by atoms with Crippen molar-refractivity contribution in [3.8, 4) is 0 Å². The molecular formula is C11H16N2O3S. The van der Waals surface area contributed by atoms with Gasteiger partial charge in [-0.2, -0.15) is 11.3 Å². The zero-order valence-electron chi connectivity index (χ0n) is 10.1. The van der Waals surface area contributed by atoms with E-state index in [1.165, 1.54) is 30.1 Å². The fourth-order valence-electron chi connectivity index (χ4n) is 1.43. The first-order valence-electron chi connectivity index (χ1n) is 5.23. The first-order chi connectivity index (χ1) is 7.89. The topological polar surface area (TPSA) is 69.6 Å². The average molecular weight is 256 g/mol. The summed E-state index contributed by atoms with van der Waals surface area (Å²) >= 11 is 1.47. The summed E-state index contributed by atoms with van der Waals surface area (Å²) in [4.78, 5) is 24.3. The van der Waals surface area contributed by atoms with E-state index in [1.807, 2.05) is 5.38 Å². The molecule has 0 aliphatic carbocycles. The largest absolute Gasteiger partial charge is 0.480 e. The van der Waals surface area contributed by atoms with Gasteiger partial charge in [-0.1, -0.05) is 0 Å². The number of nitrogens with one attached hydrogen (secondary N) is 1. The van der Waals surface area contributed by atoms with Crippen LogP contribution in [0.15, 0.2) is 16.8 Å². The van der Waals surface area contributed by atoms with E-state index < -0.39 is 17.5 Å². The fourth-order valence-corrected chi connectivity index (χ4v) is 2.02. The lowest BCUT2D eigenvalue weighted by Gasteiger charge is -2.33. The summed E-state index contributed by atoms with van der Waals surface area (Å²) in [5.41, 5.74) is -0.547. The van der Waals surface area contributed by atoms with Gasteiger partial charge in [-0.05, 0) is 32.2 Å². The van der Waals surface area contributed by atoms with Crippen LogP contribution >= 0.6 is 11.3 Å². The summed E-state index contributed by atoms with van der Waals surface area (Å²) in [7, 11) is 0. The highest BCUT2D eigenvalue weighted by Crippen LogP contribution is 2.18. The Balaban J connectivity index is 2.81. The Kier molecular flexibility index (Phi) is 4.11. The van der Waals surface area contributed by atoms with Crippen molar-refractivity contribution in [1.29, 1.82) is 0 Å². The van der Waals surface area contributed by atoms with Crippen molar-refractivity contribution in [2.75, 3.05) is 11.9 Å². The number of likely N-dealkylation sites (N-methyl/N-ethyl adjacent to an activating group) is 1. The van der Waals surface area contributed by atoms with E-state index in [1.54, 1.807) is 18.4 Å². The molecule has 0 atom stereocenters. The monoisotopic (exact) mass is 256 g/mol. The van der Waals surface area contributed by atoms with Crippen molar-refractivity contribution in [2.24, 2.45) is 0 Å². The molecule has 5 nitrogen and oxygen atoms in total. The van der Waals surface area contributed by atoms with Gasteiger partial charge in [-0.3, -0.25) is 0 Å². The summed E-state index contributed by atoms with van der Waals surface area (Å²) in [6.45, 7) is 5.09. The molecule has 17 heavy (non-hydrogen) atoms. The lowest BCUT2D eigenvalue weighted by atomic mass is 10.0. The summed E-state index contributed by atoms with van der Waals surface area (Å²) in [5, 5.41) is 15.4. The third kappa shape index (κ3) is 2.97. The Labute approximate surface area is 104 Å². The van der Waals surface area contributed by atoms with Crippen LogP contribution in [-0.4, -0.2) is 34.1 Å². The number of nitrogens with zero attached hydrogens (tertiary/aromatic N) is 1. The summed E-state index contributed by atoms with van der Waals surface area (Å²) in [6, 6.07) is 1.36. The van der Waals surface area contributed by atoms with Gasteiger partial charge in [0.05, 0.1) is 5.69 Å². The third-order valence-electron chi connectivity index (χ3n) is 2.53. The lowest BCUT2D eigenvalue weighted by Crippen LogP contribution is -2.54. The molecule has 0 radical (unpaired) electrons. The second kappa shape index (κ2) is 5.18. The van der Waals surface area contributed by atoms with Gasteiger partial charge in [0.2, 0.25) is 0 Å². The molecule has 0 unspecified atom stereocenters. The maximum Gasteiger partial charge on any atom is 0.329 e. The molecule has 1 aromatic rings. The standard InChI is InChI=1S/C11H16N2O3S/c1-4-13(11(2,3)9(14)15)10(16)12-8-5-6-17-7-8/h5-7H,4H2,1-3H3,(H,12,16)(H,14,15). The molecule has 0 fully saturated rings. The molecule has 2 N–H and O–H groups in total. The predicted octanol–water partition coefficient (Wildman–Crippen LogP) is 2.47. The van der Waals surface area contributed by atoms with Crippen molar-refractivity contribution >= 4 is 29.0 Å². The normalized spacial score (nSPS) is 11.0. The Hall–Kier alpha value is -1.56. The summed E-state index contributed by atoms with van der Waals surface area (Å²) in [6.07, 6.45) is 0. The molecule has 0 aliphatic rings. The van der Waals surface area contributed by atoms with Gasteiger partial charge in [0.15, 0.2) is 0 Å². The van der Waals surface area contributed by atoms with Crippen LogP contribution < -0.4 is 5.32 Å². The van der Waals surface area contributed by atoms with Crippen LogP contribution in [-0.2, 0) is 4.79 Å². The number of thiophene rings is 1. The highest BCUT2D eigenvalue weighted by Gasteiger charge is 2.36. The van der Waals surface area contributed by atoms with E-state index in [0.29, 0.717) is 12.2 Å². The number of carboxylic acids is 1. The Morgan fingerprint density at radius 3 is 2.59 bits per heavy atom. The zero-order valence-corrected chi connectivity index (χ0v) is 10.9. The SMILES string of the molecule is CCN(C(=O)Nc1ccsc1)C(C)(C)C(=O)O. The number of anilines is 1. The fraction of sp³-hybridized carbons (Fsp3) is 0.455. The van der Waals surface area contributed by atoms with E-state index in [0.717, 1.165) is 0 Å². The molecule has 0 saturated carbocycles. The third-order valence-corrected chi connectivity index (χ3v) is 3.22. The Morgan fingerprint density at radius 2 is 2.18 bits per heavy atom. The molecule has 1 heterocycles. The molecule has 0 saturated heterocycles. The second-order valence-corrected chi connectivity index (χ2v) is 4.83. The van der Waals surface area contributed by atoms with Crippen LogP contribution in [0.3, 0.4) is 0 Å². The zero-order chi connectivity index (χ0) is 13.1. The molecule has 1 aromatic heterocycles. The van der Waals surface area contributed by atoms with E-state index in [-0.39, 0.29) is 0 Å². The molecule has 6 heteroatoms. The molecule has 0 aliphatic heterocycles. The number of hydrogen-bond donors (Lipinski definition) is 2. The minimum absolute atomic E-state index is 0.329. The van der Waals surface area contributed by atoms with Crippen molar-refractivity contribution in [3.05, 3.63) is 16.8 Å². The molecule has 0 spiro atoms. The van der Waals surface area contributed by atoms with Crippen LogP contribution in [0, 0.1) is 0 Å². The number of amides is 2. The average Bonchev–Trinajstić information content (AvgIpc) is 2.70. The van der Waals surface area contributed by atoms with E-state index in [4.69, 9.17) is 5.11 Å². The number of rotatable bonds is 4. The van der Waals surface area contributed by atoms with Crippen LogP contribution in [0.25, 0.3) is 0 Å². The van der Waals surface area contributed by atoms with Gasteiger partial charge in [-0.25, -0.2) is 9.59 Å². The van der Waals surface area contributed by atoms with Gasteiger partial charge in [0.1, 0.15) is 5.54 Å². The van der Waals surface area contributed by atoms with Crippen LogP contribution in [0.5, 0.6) is 0 Å². The molecular weight excluding hydrogens is 240 g/mol. The molecule has 0 bridgehead atoms. The minimum atomic E-state index is -1.23. The van der Waals surface area contributed by atoms with E-state index in [9.17, 15) is 9.59 Å². The van der Waals surface area contributed by atoms with Crippen molar-refractivity contribution in [3.63, 3.8) is 0 Å². The van der Waals surface area contributed by atoms with Gasteiger partial charge in [-0.15, -0.1) is 0 Å². The quantitative estimate of drug-likeness (QED) is 0.869. The van der Waals surface area contributed by atoms with Gasteiger partial charge in [0.25, 0.3) is 0 Å². The van der Waals surface area contributed by atoms with Crippen molar-refractivity contribution in [1.82, 2.24) is 4.90 Å². The second-order valence-electron chi connectivity index (χ2n) is 4.05. The van der Waals surface area contributed by atoms with E-state index in [2.05, 4.69) is 5.32 Å². The smallest absolute Gasteiger partial charge is 0.329 e. The molecule has 0 aromatic carbocycles. The van der Waals surface area contributed by atoms with Gasteiger partial charge >= 0.3 is 12.0 Å². The number of aliphatic carboxylic acids is 1. The van der Waals surface area contributed by atoms with Crippen LogP contribution in [0.4, 0.5) is 10.5 Å². The highest BCUT2D eigenvalue weighted by atomic mass is 32.1. The number of urea groups is 1. The summed E-state index contributed by atoms with van der Waals surface area (Å²) in [5.74, 6) is -1.03. The Morgan fingerprint density at radius 1 is 1.53 bits per heavy atom. The van der Waals surface area contributed by atoms with Gasteiger partial charge < -0.3 is 15.3 Å².